The normalized spacial score (nSPS) is 9.35. The Hall–Kier alpha value is -1.01. The summed E-state index contributed by atoms with van der Waals surface area (Å²) in [6.07, 6.45) is 2.43. The van der Waals surface area contributed by atoms with Crippen LogP contribution in [0.2, 0.25) is 0 Å². The summed E-state index contributed by atoms with van der Waals surface area (Å²) in [5.74, 6) is 0.884. The van der Waals surface area contributed by atoms with E-state index in [2.05, 4.69) is 31.2 Å². The maximum absolute atomic E-state index is 9.21. The zero-order valence-electron chi connectivity index (χ0n) is 11.9. The highest BCUT2D eigenvalue weighted by Crippen LogP contribution is 1.93. The second-order valence-electron chi connectivity index (χ2n) is 3.40. The van der Waals surface area contributed by atoms with Gasteiger partial charge in [-0.2, -0.15) is 0 Å². The second-order valence-corrected chi connectivity index (χ2v) is 3.40. The molecule has 0 aromatic carbocycles. The molecule has 17 heavy (non-hydrogen) atoms. The number of nitrogens with zero attached hydrogens (tertiary/aromatic N) is 2. The molecule has 1 N–H and O–H groups in total. The van der Waals surface area contributed by atoms with Crippen molar-refractivity contribution < 1.29 is 9.77 Å². The van der Waals surface area contributed by atoms with Crippen LogP contribution in [0.4, 0.5) is 0 Å². The molecular weight excluding hydrogens is 222 g/mol. The fourth-order valence-corrected chi connectivity index (χ4v) is 0.298. The maximum atomic E-state index is 9.21. The van der Waals surface area contributed by atoms with E-state index in [1.165, 1.54) is 13.3 Å². The van der Waals surface area contributed by atoms with Crippen molar-refractivity contribution in [1.82, 2.24) is 5.32 Å². The summed E-state index contributed by atoms with van der Waals surface area (Å²) >= 11 is 0. The highest BCUT2D eigenvalue weighted by atomic mass is 16.7. The molecule has 0 spiro atoms. The molecule has 0 aliphatic heterocycles. The van der Waals surface area contributed by atoms with E-state index < -0.39 is 5.03 Å². The van der Waals surface area contributed by atoms with Gasteiger partial charge < -0.3 is 4.74 Å². The monoisotopic (exact) mass is 249 g/mol. The van der Waals surface area contributed by atoms with Crippen LogP contribution >= 0.6 is 0 Å². The predicted molar refractivity (Wildman–Crippen MR) is 71.8 cm³/mol. The van der Waals surface area contributed by atoms with E-state index in [0.717, 1.165) is 18.7 Å². The molecule has 0 aromatic heterocycles. The summed E-state index contributed by atoms with van der Waals surface area (Å²) in [4.78, 5) is 9.21. The molecule has 0 fully saturated rings. The van der Waals surface area contributed by atoms with E-state index in [9.17, 15) is 10.1 Å². The fourth-order valence-electron chi connectivity index (χ4n) is 0.298. The molecule has 0 saturated carbocycles. The number of nitro groups is 1. The molecule has 0 saturated heterocycles. The standard InChI is InChI=1S/C5H12.C4H11NO.C2H4N2O2/c1-4-5(2)3;1-3-6-4-5-2;1-2-3-4(5)6/h5H,4H2,1-3H3;5H,3-4H2,1-2H3;2H,1H3/b;;3-2+. The van der Waals surface area contributed by atoms with Gasteiger partial charge >= 0.3 is 0 Å². The zero-order valence-corrected chi connectivity index (χ0v) is 11.9. The predicted octanol–water partition coefficient (Wildman–Crippen LogP) is 2.52. The lowest BCUT2D eigenvalue weighted by atomic mass is 10.2. The minimum absolute atomic E-state index is 0.663. The Bertz CT molecular complexity index is 169. The van der Waals surface area contributed by atoms with E-state index in [4.69, 9.17) is 4.74 Å². The third-order valence-electron chi connectivity index (χ3n) is 1.48. The van der Waals surface area contributed by atoms with Crippen LogP contribution in [0.15, 0.2) is 5.10 Å². The summed E-state index contributed by atoms with van der Waals surface area (Å²) in [6, 6.07) is 0. The highest BCUT2D eigenvalue weighted by Gasteiger charge is 1.80. The number of hydrazone groups is 1. The van der Waals surface area contributed by atoms with Crippen molar-refractivity contribution in [3.63, 3.8) is 0 Å². The van der Waals surface area contributed by atoms with Gasteiger partial charge in [0.1, 0.15) is 0 Å². The van der Waals surface area contributed by atoms with Crippen molar-refractivity contribution in [3.8, 4) is 0 Å². The zero-order chi connectivity index (χ0) is 14.1. The van der Waals surface area contributed by atoms with Gasteiger partial charge in [-0.3, -0.25) is 5.32 Å². The molecule has 104 valence electrons. The van der Waals surface area contributed by atoms with Crippen molar-refractivity contribution in [2.45, 2.75) is 41.0 Å². The average molecular weight is 249 g/mol. The number of hydrogen-bond acceptors (Lipinski definition) is 4. The topological polar surface area (TPSA) is 76.8 Å². The van der Waals surface area contributed by atoms with E-state index in [1.807, 2.05) is 14.0 Å². The minimum Gasteiger partial charge on any atom is -0.367 e. The molecule has 0 atom stereocenters. The van der Waals surface area contributed by atoms with Crippen molar-refractivity contribution in [3.05, 3.63) is 10.1 Å². The highest BCUT2D eigenvalue weighted by molar-refractivity contribution is 5.51. The van der Waals surface area contributed by atoms with E-state index in [-0.39, 0.29) is 0 Å². The smallest absolute Gasteiger partial charge is 0.190 e. The fraction of sp³-hybridized carbons (Fsp3) is 0.909. The molecule has 0 aromatic rings. The van der Waals surface area contributed by atoms with Gasteiger partial charge in [0.15, 0.2) is 5.03 Å². The lowest BCUT2D eigenvalue weighted by Gasteiger charge is -1.93. The van der Waals surface area contributed by atoms with Crippen LogP contribution in [0, 0.1) is 16.0 Å². The molecule has 0 bridgehead atoms. The molecule has 0 aliphatic rings. The third kappa shape index (κ3) is 51.8. The lowest BCUT2D eigenvalue weighted by molar-refractivity contribution is -0.484. The SMILES string of the molecule is C/C=N/[N+](=O)[O-].CCC(C)C.CCOCNC. The Labute approximate surface area is 105 Å². The van der Waals surface area contributed by atoms with Crippen LogP contribution in [0.3, 0.4) is 0 Å². The van der Waals surface area contributed by atoms with Gasteiger partial charge in [-0.15, -0.1) is 0 Å². The Morgan fingerprint density at radius 2 is 1.94 bits per heavy atom. The molecule has 6 heteroatoms. The van der Waals surface area contributed by atoms with Crippen LogP contribution in [-0.4, -0.2) is 31.6 Å². The Morgan fingerprint density at radius 1 is 1.47 bits per heavy atom. The van der Waals surface area contributed by atoms with Crippen molar-refractivity contribution in [2.24, 2.45) is 11.0 Å². The molecule has 6 nitrogen and oxygen atoms in total. The Kier molecular flexibility index (Phi) is 25.6. The lowest BCUT2D eigenvalue weighted by Crippen LogP contribution is -2.10. The second kappa shape index (κ2) is 20.4. The van der Waals surface area contributed by atoms with Crippen molar-refractivity contribution >= 4 is 6.21 Å². The van der Waals surface area contributed by atoms with E-state index >= 15 is 0 Å². The van der Waals surface area contributed by atoms with Gasteiger partial charge in [-0.25, -0.2) is 10.1 Å². The van der Waals surface area contributed by atoms with Gasteiger partial charge in [0, 0.05) is 6.61 Å². The first-order valence-corrected chi connectivity index (χ1v) is 5.81. The minimum atomic E-state index is -0.750. The molecule has 0 amide bonds. The summed E-state index contributed by atoms with van der Waals surface area (Å²) in [7, 11) is 1.86. The number of nitrogens with one attached hydrogen (secondary N) is 1. The van der Waals surface area contributed by atoms with Gasteiger partial charge in [0.2, 0.25) is 0 Å². The molecule has 0 aliphatic carbocycles. The van der Waals surface area contributed by atoms with Crippen LogP contribution in [-0.2, 0) is 4.74 Å². The summed E-state index contributed by atoms with van der Waals surface area (Å²) in [6.45, 7) is 11.6. The first-order chi connectivity index (χ1) is 7.95. The number of ether oxygens (including phenoxy) is 1. The summed E-state index contributed by atoms with van der Waals surface area (Å²) < 4.78 is 4.87. The molecule has 0 heterocycles. The van der Waals surface area contributed by atoms with Gasteiger partial charge in [0.25, 0.3) is 0 Å². The molecule has 0 rings (SSSR count). The van der Waals surface area contributed by atoms with Crippen LogP contribution in [0.1, 0.15) is 41.0 Å². The van der Waals surface area contributed by atoms with Gasteiger partial charge in [0.05, 0.1) is 18.0 Å². The maximum Gasteiger partial charge on any atom is 0.190 e. The number of rotatable bonds is 5. The Balaban J connectivity index is -0.000000174. The van der Waals surface area contributed by atoms with Gasteiger partial charge in [-0.05, 0) is 26.8 Å². The average Bonchev–Trinajstić information content (AvgIpc) is 2.27. The van der Waals surface area contributed by atoms with Crippen LogP contribution < -0.4 is 5.32 Å². The molecule has 0 radical (unpaired) electrons. The first kappa shape index (κ1) is 21.3. The third-order valence-corrected chi connectivity index (χ3v) is 1.48. The van der Waals surface area contributed by atoms with Crippen LogP contribution in [0.5, 0.6) is 0 Å². The summed E-state index contributed by atoms with van der Waals surface area (Å²) in [5.41, 5.74) is 0. The van der Waals surface area contributed by atoms with E-state index in [0.29, 0.717) is 6.73 Å². The Morgan fingerprint density at radius 3 is 2.00 bits per heavy atom. The van der Waals surface area contributed by atoms with Crippen molar-refractivity contribution in [2.75, 3.05) is 20.4 Å². The first-order valence-electron chi connectivity index (χ1n) is 5.81. The van der Waals surface area contributed by atoms with Crippen LogP contribution in [0.25, 0.3) is 0 Å². The summed E-state index contributed by atoms with van der Waals surface area (Å²) in [5, 5.41) is 14.0. The quantitative estimate of drug-likeness (QED) is 0.267. The molecule has 0 unspecified atom stereocenters. The van der Waals surface area contributed by atoms with E-state index in [1.54, 1.807) is 0 Å². The van der Waals surface area contributed by atoms with Crippen molar-refractivity contribution in [1.29, 1.82) is 0 Å². The van der Waals surface area contributed by atoms with Gasteiger partial charge in [-0.1, -0.05) is 27.2 Å². The number of hydrogen-bond donors (Lipinski definition) is 1. The largest absolute Gasteiger partial charge is 0.367 e. The molecular formula is C11H27N3O3.